The molecule has 0 atom stereocenters. The van der Waals surface area contributed by atoms with E-state index in [0.29, 0.717) is 0 Å². The molecule has 0 amide bonds. The van der Waals surface area contributed by atoms with Crippen LogP contribution in [0.25, 0.3) is 99.6 Å². The summed E-state index contributed by atoms with van der Waals surface area (Å²) in [6, 6.07) is 78.9. The average Bonchev–Trinajstić information content (AvgIpc) is 3.29. The lowest BCUT2D eigenvalue weighted by atomic mass is 9.78. The molecule has 56 heavy (non-hydrogen) atoms. The van der Waals surface area contributed by atoms with E-state index >= 15 is 0 Å². The molecule has 0 aliphatic heterocycles. The van der Waals surface area contributed by atoms with Crippen LogP contribution in [-0.4, -0.2) is 4.98 Å². The van der Waals surface area contributed by atoms with Crippen LogP contribution < -0.4 is 0 Å². The van der Waals surface area contributed by atoms with Crippen molar-refractivity contribution in [2.45, 2.75) is 0 Å². The van der Waals surface area contributed by atoms with E-state index in [4.69, 9.17) is 4.98 Å². The zero-order valence-corrected chi connectivity index (χ0v) is 30.8. The SMILES string of the molecule is c1ccc(-c2cc(-c3ccc(-c4c5ccccc5c(-c5ccccn5)c5ccccc45)cc3)c(-c3ccccc3)c(-c3ccccc3)c2-c2ccccc2)cc1. The summed E-state index contributed by atoms with van der Waals surface area (Å²) < 4.78 is 0. The molecular weight excluding hydrogens is 675 g/mol. The average molecular weight is 712 g/mol. The molecule has 1 heterocycles. The van der Waals surface area contributed by atoms with Crippen LogP contribution in [0.2, 0.25) is 0 Å². The molecule has 1 nitrogen and oxygen atoms in total. The molecular formula is C55H37N. The van der Waals surface area contributed by atoms with E-state index in [2.05, 4.69) is 212 Å². The van der Waals surface area contributed by atoms with Crippen molar-refractivity contribution >= 4 is 21.5 Å². The van der Waals surface area contributed by atoms with Crippen LogP contribution in [0.1, 0.15) is 0 Å². The van der Waals surface area contributed by atoms with Gasteiger partial charge in [0.15, 0.2) is 0 Å². The van der Waals surface area contributed by atoms with Gasteiger partial charge in [-0.15, -0.1) is 0 Å². The van der Waals surface area contributed by atoms with Crippen molar-refractivity contribution in [2.24, 2.45) is 0 Å². The second-order valence-electron chi connectivity index (χ2n) is 14.2. The van der Waals surface area contributed by atoms with Gasteiger partial charge in [-0.25, -0.2) is 0 Å². The van der Waals surface area contributed by atoms with Crippen LogP contribution in [0.4, 0.5) is 0 Å². The number of pyridine rings is 1. The first-order valence-electron chi connectivity index (χ1n) is 19.2. The number of benzene rings is 9. The number of fused-ring (bicyclic) bond motifs is 2. The van der Waals surface area contributed by atoms with Crippen LogP contribution in [0.3, 0.4) is 0 Å². The Bertz CT molecular complexity index is 2900. The number of nitrogens with zero attached hydrogens (tertiary/aromatic N) is 1. The number of aromatic nitrogens is 1. The molecule has 0 spiro atoms. The summed E-state index contributed by atoms with van der Waals surface area (Å²) in [4.78, 5) is 4.81. The monoisotopic (exact) mass is 711 g/mol. The van der Waals surface area contributed by atoms with Crippen molar-refractivity contribution in [1.82, 2.24) is 4.98 Å². The fourth-order valence-electron chi connectivity index (χ4n) is 8.50. The van der Waals surface area contributed by atoms with Crippen LogP contribution in [0, 0.1) is 0 Å². The summed E-state index contributed by atoms with van der Waals surface area (Å²) in [5, 5.41) is 4.84. The standard InChI is InChI=1S/C55H37N/c1-5-19-38(20-6-1)48-37-49(53(41-23-9-3-10-24-41)54(42-25-11-4-12-26-42)52(48)40-21-7-2-8-22-40)39-32-34-43(35-33-39)51-44-27-13-15-29-46(44)55(50-31-17-18-36-56-50)47-30-16-14-28-45(47)51/h1-37H. The Morgan fingerprint density at radius 2 is 0.571 bits per heavy atom. The van der Waals surface area contributed by atoms with E-state index in [-0.39, 0.29) is 0 Å². The molecule has 1 heteroatoms. The van der Waals surface area contributed by atoms with Gasteiger partial charge >= 0.3 is 0 Å². The van der Waals surface area contributed by atoms with Crippen molar-refractivity contribution in [3.8, 4) is 78.0 Å². The topological polar surface area (TPSA) is 12.9 Å². The minimum atomic E-state index is 0.984. The smallest absolute Gasteiger partial charge is 0.0714 e. The van der Waals surface area contributed by atoms with Gasteiger partial charge in [-0.05, 0) is 107 Å². The van der Waals surface area contributed by atoms with Gasteiger partial charge in [0.05, 0.1) is 5.69 Å². The quantitative estimate of drug-likeness (QED) is 0.150. The molecule has 0 bridgehead atoms. The zero-order valence-electron chi connectivity index (χ0n) is 30.8. The summed E-state index contributed by atoms with van der Waals surface area (Å²) in [7, 11) is 0. The van der Waals surface area contributed by atoms with Gasteiger partial charge in [0, 0.05) is 11.8 Å². The highest BCUT2D eigenvalue weighted by Crippen LogP contribution is 2.51. The highest BCUT2D eigenvalue weighted by Gasteiger charge is 2.24. The first kappa shape index (κ1) is 33.2. The summed E-state index contributed by atoms with van der Waals surface area (Å²) in [5.41, 5.74) is 16.6. The lowest BCUT2D eigenvalue weighted by Gasteiger charge is -2.24. The molecule has 0 aliphatic carbocycles. The van der Waals surface area contributed by atoms with Crippen molar-refractivity contribution < 1.29 is 0 Å². The molecule has 10 rings (SSSR count). The lowest BCUT2D eigenvalue weighted by molar-refractivity contribution is 1.34. The fraction of sp³-hybridized carbons (Fsp3) is 0. The van der Waals surface area contributed by atoms with E-state index in [1.807, 2.05) is 12.3 Å². The number of rotatable bonds is 7. The summed E-state index contributed by atoms with van der Waals surface area (Å²) in [6.07, 6.45) is 1.88. The second-order valence-corrected chi connectivity index (χ2v) is 14.2. The minimum Gasteiger partial charge on any atom is -0.256 e. The van der Waals surface area contributed by atoms with Gasteiger partial charge in [0.2, 0.25) is 0 Å². The van der Waals surface area contributed by atoms with Gasteiger partial charge in [0.1, 0.15) is 0 Å². The molecule has 0 saturated heterocycles. The maximum atomic E-state index is 4.81. The molecule has 0 saturated carbocycles. The predicted octanol–water partition coefficient (Wildman–Crippen LogP) is 15.1. The molecule has 0 aliphatic rings. The van der Waals surface area contributed by atoms with Gasteiger partial charge in [-0.1, -0.05) is 200 Å². The summed E-state index contributed by atoms with van der Waals surface area (Å²) in [6.45, 7) is 0. The van der Waals surface area contributed by atoms with Crippen molar-refractivity contribution in [3.63, 3.8) is 0 Å². The molecule has 0 radical (unpaired) electrons. The normalized spacial score (nSPS) is 11.2. The molecule has 9 aromatic carbocycles. The van der Waals surface area contributed by atoms with E-state index < -0.39 is 0 Å². The highest BCUT2D eigenvalue weighted by atomic mass is 14.7. The minimum absolute atomic E-state index is 0.984. The lowest BCUT2D eigenvalue weighted by Crippen LogP contribution is -1.98. The largest absolute Gasteiger partial charge is 0.256 e. The summed E-state index contributed by atoms with van der Waals surface area (Å²) >= 11 is 0. The number of hydrogen-bond acceptors (Lipinski definition) is 1. The molecule has 0 fully saturated rings. The van der Waals surface area contributed by atoms with Crippen molar-refractivity contribution in [3.05, 3.63) is 225 Å². The zero-order chi connectivity index (χ0) is 37.3. The van der Waals surface area contributed by atoms with E-state index in [0.717, 1.165) is 5.69 Å². The first-order valence-corrected chi connectivity index (χ1v) is 19.2. The second kappa shape index (κ2) is 14.5. The fourth-order valence-corrected chi connectivity index (χ4v) is 8.50. The molecule has 10 aromatic rings. The number of hydrogen-bond donors (Lipinski definition) is 0. The first-order chi connectivity index (χ1) is 27.8. The Kier molecular flexibility index (Phi) is 8.59. The van der Waals surface area contributed by atoms with Gasteiger partial charge in [0.25, 0.3) is 0 Å². The molecule has 0 unspecified atom stereocenters. The predicted molar refractivity (Wildman–Crippen MR) is 237 cm³/mol. The van der Waals surface area contributed by atoms with Crippen molar-refractivity contribution in [2.75, 3.05) is 0 Å². The van der Waals surface area contributed by atoms with E-state index in [1.54, 1.807) is 0 Å². The third-order valence-electron chi connectivity index (χ3n) is 10.9. The van der Waals surface area contributed by atoms with Crippen LogP contribution in [0.15, 0.2) is 225 Å². The Balaban J connectivity index is 1.25. The van der Waals surface area contributed by atoms with Gasteiger partial charge < -0.3 is 0 Å². The third-order valence-corrected chi connectivity index (χ3v) is 10.9. The Hall–Kier alpha value is -7.35. The van der Waals surface area contributed by atoms with Crippen LogP contribution in [0.5, 0.6) is 0 Å². The Labute approximate surface area is 327 Å². The van der Waals surface area contributed by atoms with Crippen LogP contribution >= 0.6 is 0 Å². The van der Waals surface area contributed by atoms with Gasteiger partial charge in [-0.2, -0.15) is 0 Å². The molecule has 1 aromatic heterocycles. The van der Waals surface area contributed by atoms with E-state index in [1.165, 1.54) is 93.9 Å². The van der Waals surface area contributed by atoms with Crippen LogP contribution in [-0.2, 0) is 0 Å². The highest BCUT2D eigenvalue weighted by molar-refractivity contribution is 6.21. The Morgan fingerprint density at radius 3 is 1.02 bits per heavy atom. The van der Waals surface area contributed by atoms with Gasteiger partial charge in [-0.3, -0.25) is 4.98 Å². The maximum absolute atomic E-state index is 4.81. The molecule has 262 valence electrons. The summed E-state index contributed by atoms with van der Waals surface area (Å²) in [5.74, 6) is 0. The molecule has 0 N–H and O–H groups in total. The Morgan fingerprint density at radius 1 is 0.232 bits per heavy atom. The van der Waals surface area contributed by atoms with Crippen molar-refractivity contribution in [1.29, 1.82) is 0 Å². The van der Waals surface area contributed by atoms with E-state index in [9.17, 15) is 0 Å². The maximum Gasteiger partial charge on any atom is 0.0714 e. The third kappa shape index (κ3) is 5.87.